The van der Waals surface area contributed by atoms with Gasteiger partial charge in [0.15, 0.2) is 0 Å². The molecule has 82 valence electrons. The molecule has 0 bridgehead atoms. The van der Waals surface area contributed by atoms with Gasteiger partial charge in [-0.25, -0.2) is 0 Å². The van der Waals surface area contributed by atoms with Crippen LogP contribution in [0.4, 0.5) is 0 Å². The van der Waals surface area contributed by atoms with Crippen molar-refractivity contribution in [1.82, 2.24) is 0 Å². The number of phenols is 1. The van der Waals surface area contributed by atoms with E-state index >= 15 is 0 Å². The quantitative estimate of drug-likeness (QED) is 0.778. The minimum absolute atomic E-state index is 0.150. The first kappa shape index (κ1) is 10.5. The summed E-state index contributed by atoms with van der Waals surface area (Å²) in [5.74, 6) is 0.324. The fraction of sp³-hybridized carbons (Fsp3) is 0.538. The van der Waals surface area contributed by atoms with Gasteiger partial charge >= 0.3 is 0 Å². The molecule has 0 aromatic heterocycles. The monoisotopic (exact) mass is 205 g/mol. The van der Waals surface area contributed by atoms with Crippen LogP contribution in [0.1, 0.15) is 32.3 Å². The fourth-order valence-corrected chi connectivity index (χ4v) is 3.06. The lowest BCUT2D eigenvalue weighted by molar-refractivity contribution is 0.0634. The Labute approximate surface area is 91.1 Å². The van der Waals surface area contributed by atoms with Crippen LogP contribution in [0.2, 0.25) is 0 Å². The number of nitrogens with two attached hydrogens (primary N) is 1. The second-order valence-electron chi connectivity index (χ2n) is 5.55. The first-order valence-electron chi connectivity index (χ1n) is 5.47. The highest BCUT2D eigenvalue weighted by Gasteiger charge is 2.48. The summed E-state index contributed by atoms with van der Waals surface area (Å²) in [5, 5.41) is 9.26. The number of rotatable bonds is 2. The van der Waals surface area contributed by atoms with Gasteiger partial charge in [0.05, 0.1) is 0 Å². The van der Waals surface area contributed by atoms with E-state index in [2.05, 4.69) is 13.8 Å². The molecule has 0 saturated heterocycles. The normalized spacial score (nSPS) is 22.1. The number of hydrogen-bond acceptors (Lipinski definition) is 2. The molecule has 2 nitrogen and oxygen atoms in total. The highest BCUT2D eigenvalue weighted by Crippen LogP contribution is 2.54. The number of benzene rings is 1. The van der Waals surface area contributed by atoms with E-state index in [0.29, 0.717) is 17.7 Å². The van der Waals surface area contributed by atoms with Crippen LogP contribution in [-0.4, -0.2) is 11.7 Å². The van der Waals surface area contributed by atoms with Crippen molar-refractivity contribution in [3.05, 3.63) is 29.8 Å². The molecule has 0 aliphatic heterocycles. The highest BCUT2D eigenvalue weighted by atomic mass is 16.3. The van der Waals surface area contributed by atoms with Crippen LogP contribution in [0.25, 0.3) is 0 Å². The van der Waals surface area contributed by atoms with E-state index in [-0.39, 0.29) is 5.41 Å². The Hall–Kier alpha value is -1.02. The third-order valence-corrected chi connectivity index (χ3v) is 3.50. The van der Waals surface area contributed by atoms with Crippen molar-refractivity contribution in [2.75, 3.05) is 6.54 Å². The van der Waals surface area contributed by atoms with Crippen molar-refractivity contribution in [2.24, 2.45) is 11.1 Å². The molecule has 2 heteroatoms. The van der Waals surface area contributed by atoms with Gasteiger partial charge < -0.3 is 10.8 Å². The fourth-order valence-electron chi connectivity index (χ4n) is 3.06. The van der Waals surface area contributed by atoms with Crippen LogP contribution in [-0.2, 0) is 5.41 Å². The number of hydrogen-bond donors (Lipinski definition) is 2. The molecule has 1 aromatic rings. The molecule has 0 atom stereocenters. The first-order valence-corrected chi connectivity index (χ1v) is 5.47. The van der Waals surface area contributed by atoms with Crippen LogP contribution < -0.4 is 5.73 Å². The summed E-state index contributed by atoms with van der Waals surface area (Å²) < 4.78 is 0. The van der Waals surface area contributed by atoms with Gasteiger partial charge in [-0.3, -0.25) is 0 Å². The standard InChI is InChI=1S/C13H19NO/c1-12(2)7-13(8-12,9-14)10-3-5-11(15)6-4-10/h3-6,15H,7-9,14H2,1-2H3. The topological polar surface area (TPSA) is 46.2 Å². The van der Waals surface area contributed by atoms with Crippen molar-refractivity contribution >= 4 is 0 Å². The molecular formula is C13H19NO. The summed E-state index contributed by atoms with van der Waals surface area (Å²) in [6.07, 6.45) is 2.28. The second-order valence-corrected chi connectivity index (χ2v) is 5.55. The zero-order chi connectivity index (χ0) is 11.1. The molecule has 1 aliphatic rings. The largest absolute Gasteiger partial charge is 0.508 e. The Kier molecular flexibility index (Phi) is 2.27. The second kappa shape index (κ2) is 3.24. The minimum atomic E-state index is 0.150. The molecule has 15 heavy (non-hydrogen) atoms. The smallest absolute Gasteiger partial charge is 0.115 e. The Morgan fingerprint density at radius 1 is 1.20 bits per heavy atom. The summed E-state index contributed by atoms with van der Waals surface area (Å²) in [5.41, 5.74) is 7.73. The molecule has 2 rings (SSSR count). The van der Waals surface area contributed by atoms with Gasteiger partial charge in [-0.2, -0.15) is 0 Å². The lowest BCUT2D eigenvalue weighted by atomic mass is 9.52. The van der Waals surface area contributed by atoms with Crippen molar-refractivity contribution in [3.8, 4) is 5.75 Å². The van der Waals surface area contributed by atoms with Crippen molar-refractivity contribution in [3.63, 3.8) is 0 Å². The summed E-state index contributed by atoms with van der Waals surface area (Å²) in [7, 11) is 0. The zero-order valence-corrected chi connectivity index (χ0v) is 9.46. The molecule has 0 amide bonds. The summed E-state index contributed by atoms with van der Waals surface area (Å²) in [6, 6.07) is 7.49. The maximum Gasteiger partial charge on any atom is 0.115 e. The first-order chi connectivity index (χ1) is 6.97. The summed E-state index contributed by atoms with van der Waals surface area (Å²) >= 11 is 0. The van der Waals surface area contributed by atoms with Gasteiger partial charge in [0.25, 0.3) is 0 Å². The highest BCUT2D eigenvalue weighted by molar-refractivity contribution is 5.35. The lowest BCUT2D eigenvalue weighted by Gasteiger charge is -2.53. The van der Waals surface area contributed by atoms with E-state index in [1.54, 1.807) is 12.1 Å². The zero-order valence-electron chi connectivity index (χ0n) is 9.46. The van der Waals surface area contributed by atoms with Gasteiger partial charge in [-0.05, 0) is 36.0 Å². The Morgan fingerprint density at radius 2 is 1.73 bits per heavy atom. The molecule has 1 aliphatic carbocycles. The van der Waals surface area contributed by atoms with Crippen molar-refractivity contribution in [2.45, 2.75) is 32.1 Å². The average molecular weight is 205 g/mol. The molecule has 1 saturated carbocycles. The molecule has 1 aromatic carbocycles. The maximum atomic E-state index is 9.26. The number of phenolic OH excluding ortho intramolecular Hbond substituents is 1. The van der Waals surface area contributed by atoms with Crippen LogP contribution in [0, 0.1) is 5.41 Å². The Morgan fingerprint density at radius 3 is 2.13 bits per heavy atom. The Bertz CT molecular complexity index is 345. The van der Waals surface area contributed by atoms with Crippen molar-refractivity contribution < 1.29 is 5.11 Å². The molecule has 0 unspecified atom stereocenters. The van der Waals surface area contributed by atoms with Crippen LogP contribution >= 0.6 is 0 Å². The van der Waals surface area contributed by atoms with E-state index in [4.69, 9.17) is 5.73 Å². The predicted molar refractivity (Wildman–Crippen MR) is 61.9 cm³/mol. The van der Waals surface area contributed by atoms with Gasteiger partial charge in [0.2, 0.25) is 0 Å². The van der Waals surface area contributed by atoms with Gasteiger partial charge in [0.1, 0.15) is 5.75 Å². The van der Waals surface area contributed by atoms with Crippen molar-refractivity contribution in [1.29, 1.82) is 0 Å². The minimum Gasteiger partial charge on any atom is -0.508 e. The third-order valence-electron chi connectivity index (χ3n) is 3.50. The molecule has 1 fully saturated rings. The van der Waals surface area contributed by atoms with E-state index < -0.39 is 0 Å². The van der Waals surface area contributed by atoms with E-state index in [1.165, 1.54) is 5.56 Å². The van der Waals surface area contributed by atoms with Crippen LogP contribution in [0.5, 0.6) is 5.75 Å². The molecule has 0 heterocycles. The van der Waals surface area contributed by atoms with E-state index in [1.807, 2.05) is 12.1 Å². The summed E-state index contributed by atoms with van der Waals surface area (Å²) in [4.78, 5) is 0. The molecule has 0 radical (unpaired) electrons. The third kappa shape index (κ3) is 1.74. The van der Waals surface area contributed by atoms with E-state index in [0.717, 1.165) is 12.8 Å². The average Bonchev–Trinajstić information content (AvgIpc) is 2.14. The summed E-state index contributed by atoms with van der Waals surface area (Å²) in [6.45, 7) is 5.25. The van der Waals surface area contributed by atoms with Gasteiger partial charge in [0, 0.05) is 12.0 Å². The molecular weight excluding hydrogens is 186 g/mol. The van der Waals surface area contributed by atoms with Crippen LogP contribution in [0.15, 0.2) is 24.3 Å². The lowest BCUT2D eigenvalue weighted by Crippen LogP contribution is -2.51. The Balaban J connectivity index is 2.25. The number of aromatic hydroxyl groups is 1. The predicted octanol–water partition coefficient (Wildman–Crippen LogP) is 2.41. The van der Waals surface area contributed by atoms with Gasteiger partial charge in [-0.1, -0.05) is 26.0 Å². The van der Waals surface area contributed by atoms with Gasteiger partial charge in [-0.15, -0.1) is 0 Å². The van der Waals surface area contributed by atoms with Crippen LogP contribution in [0.3, 0.4) is 0 Å². The van der Waals surface area contributed by atoms with E-state index in [9.17, 15) is 5.11 Å². The SMILES string of the molecule is CC1(C)CC(CN)(c2ccc(O)cc2)C1. The maximum absolute atomic E-state index is 9.26. The molecule has 3 N–H and O–H groups in total. The molecule has 0 spiro atoms.